The lowest BCUT2D eigenvalue weighted by molar-refractivity contribution is 0.251. The molecule has 1 aromatic heterocycles. The summed E-state index contributed by atoms with van der Waals surface area (Å²) in [5.74, 6) is 1.79. The smallest absolute Gasteiger partial charge is 0.254 e. The lowest BCUT2D eigenvalue weighted by Crippen LogP contribution is -1.98. The fourth-order valence-corrected chi connectivity index (χ4v) is 2.12. The van der Waals surface area contributed by atoms with E-state index < -0.39 is 0 Å². The van der Waals surface area contributed by atoms with Gasteiger partial charge in [-0.05, 0) is 31.2 Å². The first-order chi connectivity index (χ1) is 11.7. The first kappa shape index (κ1) is 15.6. The fourth-order valence-electron chi connectivity index (χ4n) is 2.12. The van der Waals surface area contributed by atoms with Crippen LogP contribution in [0.1, 0.15) is 17.0 Å². The predicted molar refractivity (Wildman–Crippen MR) is 86.5 cm³/mol. The van der Waals surface area contributed by atoms with Gasteiger partial charge in [0.2, 0.25) is 5.89 Å². The molecule has 0 fully saturated rings. The summed E-state index contributed by atoms with van der Waals surface area (Å²) in [7, 11) is 1.52. The van der Waals surface area contributed by atoms with E-state index in [0.717, 1.165) is 11.1 Å². The maximum Gasteiger partial charge on any atom is 0.254 e. The van der Waals surface area contributed by atoms with Gasteiger partial charge in [0.05, 0.1) is 18.7 Å². The van der Waals surface area contributed by atoms with E-state index in [9.17, 15) is 0 Å². The Balaban J connectivity index is 1.72. The Hall–Kier alpha value is -3.33. The minimum absolute atomic E-state index is 0.112. The summed E-state index contributed by atoms with van der Waals surface area (Å²) in [4.78, 5) is 0. The van der Waals surface area contributed by atoms with Crippen LogP contribution in [0.4, 0.5) is 0 Å². The second kappa shape index (κ2) is 6.84. The van der Waals surface area contributed by atoms with Gasteiger partial charge >= 0.3 is 0 Å². The summed E-state index contributed by atoms with van der Waals surface area (Å²) < 4.78 is 16.5. The van der Waals surface area contributed by atoms with Crippen molar-refractivity contribution in [3.8, 4) is 29.0 Å². The summed E-state index contributed by atoms with van der Waals surface area (Å²) in [5, 5.41) is 16.9. The molecular formula is C18H15N3O3. The van der Waals surface area contributed by atoms with E-state index in [4.69, 9.17) is 19.2 Å². The standard InChI is InChI=1S/C18H15N3O3/c1-12-3-6-14(7-4-12)18-21-20-17(24-18)11-23-15-8-5-13(10-19)9-16(15)22-2/h3-9H,11H2,1-2H3. The summed E-state index contributed by atoms with van der Waals surface area (Å²) in [5.41, 5.74) is 2.52. The van der Waals surface area contributed by atoms with Gasteiger partial charge in [-0.15, -0.1) is 10.2 Å². The van der Waals surface area contributed by atoms with Crippen molar-refractivity contribution >= 4 is 0 Å². The average molecular weight is 321 g/mol. The molecule has 2 aromatic carbocycles. The van der Waals surface area contributed by atoms with Crippen molar-refractivity contribution in [2.45, 2.75) is 13.5 Å². The number of rotatable bonds is 5. The highest BCUT2D eigenvalue weighted by Gasteiger charge is 2.11. The zero-order chi connectivity index (χ0) is 16.9. The molecule has 0 atom stereocenters. The number of nitriles is 1. The van der Waals surface area contributed by atoms with E-state index in [2.05, 4.69) is 16.3 Å². The highest BCUT2D eigenvalue weighted by atomic mass is 16.5. The zero-order valence-electron chi connectivity index (χ0n) is 13.3. The Kier molecular flexibility index (Phi) is 4.43. The van der Waals surface area contributed by atoms with Crippen LogP contribution in [-0.2, 0) is 6.61 Å². The van der Waals surface area contributed by atoms with Crippen molar-refractivity contribution in [3.05, 3.63) is 59.5 Å². The van der Waals surface area contributed by atoms with Crippen LogP contribution >= 0.6 is 0 Å². The van der Waals surface area contributed by atoms with Crippen LogP contribution in [0.25, 0.3) is 11.5 Å². The second-order valence-electron chi connectivity index (χ2n) is 5.13. The molecule has 0 spiro atoms. The monoisotopic (exact) mass is 321 g/mol. The van der Waals surface area contributed by atoms with Gasteiger partial charge in [-0.2, -0.15) is 5.26 Å². The minimum atomic E-state index is 0.112. The maximum absolute atomic E-state index is 8.90. The molecule has 1 heterocycles. The lowest BCUT2D eigenvalue weighted by atomic mass is 10.1. The van der Waals surface area contributed by atoms with E-state index in [-0.39, 0.29) is 6.61 Å². The van der Waals surface area contributed by atoms with Crippen LogP contribution in [0.2, 0.25) is 0 Å². The zero-order valence-corrected chi connectivity index (χ0v) is 13.3. The summed E-state index contributed by atoms with van der Waals surface area (Å²) in [6.07, 6.45) is 0. The lowest BCUT2D eigenvalue weighted by Gasteiger charge is -2.08. The van der Waals surface area contributed by atoms with E-state index in [0.29, 0.717) is 28.8 Å². The topological polar surface area (TPSA) is 81.2 Å². The Morgan fingerprint density at radius 3 is 2.58 bits per heavy atom. The first-order valence-corrected chi connectivity index (χ1v) is 7.30. The summed E-state index contributed by atoms with van der Waals surface area (Å²) >= 11 is 0. The molecule has 0 radical (unpaired) electrons. The van der Waals surface area contributed by atoms with Crippen molar-refractivity contribution < 1.29 is 13.9 Å². The Morgan fingerprint density at radius 2 is 1.88 bits per heavy atom. The van der Waals surface area contributed by atoms with Crippen LogP contribution < -0.4 is 9.47 Å². The number of aromatic nitrogens is 2. The van der Waals surface area contributed by atoms with Gasteiger partial charge in [0.25, 0.3) is 5.89 Å². The Morgan fingerprint density at radius 1 is 1.08 bits per heavy atom. The van der Waals surface area contributed by atoms with Crippen LogP contribution in [0.15, 0.2) is 46.9 Å². The normalized spacial score (nSPS) is 10.2. The molecule has 0 saturated heterocycles. The number of hydrogen-bond acceptors (Lipinski definition) is 6. The largest absolute Gasteiger partial charge is 0.493 e. The van der Waals surface area contributed by atoms with Crippen LogP contribution in [-0.4, -0.2) is 17.3 Å². The Bertz CT molecular complexity index is 879. The quantitative estimate of drug-likeness (QED) is 0.715. The fraction of sp³-hybridized carbons (Fsp3) is 0.167. The number of nitrogens with zero attached hydrogens (tertiary/aromatic N) is 3. The van der Waals surface area contributed by atoms with Gasteiger partial charge in [-0.1, -0.05) is 17.7 Å². The van der Waals surface area contributed by atoms with Gasteiger partial charge in [-0.3, -0.25) is 0 Å². The van der Waals surface area contributed by atoms with Crippen LogP contribution in [0.5, 0.6) is 11.5 Å². The number of hydrogen-bond donors (Lipinski definition) is 0. The van der Waals surface area contributed by atoms with Crippen LogP contribution in [0.3, 0.4) is 0 Å². The van der Waals surface area contributed by atoms with E-state index in [1.807, 2.05) is 31.2 Å². The van der Waals surface area contributed by atoms with Crippen molar-refractivity contribution in [1.82, 2.24) is 10.2 Å². The Labute approximate surface area is 139 Å². The van der Waals surface area contributed by atoms with Crippen molar-refractivity contribution in [2.75, 3.05) is 7.11 Å². The van der Waals surface area contributed by atoms with Gasteiger partial charge in [0.1, 0.15) is 0 Å². The summed E-state index contributed by atoms with van der Waals surface area (Å²) in [6, 6.07) is 14.8. The number of aryl methyl sites for hydroxylation is 1. The number of benzene rings is 2. The predicted octanol–water partition coefficient (Wildman–Crippen LogP) is 3.50. The molecule has 3 aromatic rings. The molecule has 0 unspecified atom stereocenters. The molecule has 0 aliphatic carbocycles. The molecule has 6 nitrogen and oxygen atoms in total. The molecule has 0 aliphatic heterocycles. The molecule has 3 rings (SSSR count). The van der Waals surface area contributed by atoms with Crippen molar-refractivity contribution in [1.29, 1.82) is 5.26 Å². The van der Waals surface area contributed by atoms with Gasteiger partial charge in [0, 0.05) is 11.6 Å². The molecule has 0 bridgehead atoms. The number of methoxy groups -OCH3 is 1. The van der Waals surface area contributed by atoms with Gasteiger partial charge in [-0.25, -0.2) is 0 Å². The second-order valence-corrected chi connectivity index (χ2v) is 5.13. The minimum Gasteiger partial charge on any atom is -0.493 e. The molecule has 0 N–H and O–H groups in total. The van der Waals surface area contributed by atoms with Crippen LogP contribution in [0, 0.1) is 18.3 Å². The van der Waals surface area contributed by atoms with E-state index >= 15 is 0 Å². The van der Waals surface area contributed by atoms with Gasteiger partial charge in [0.15, 0.2) is 18.1 Å². The molecule has 0 amide bonds. The van der Waals surface area contributed by atoms with E-state index in [1.165, 1.54) is 7.11 Å². The molecular weight excluding hydrogens is 306 g/mol. The third-order valence-corrected chi connectivity index (χ3v) is 3.41. The third-order valence-electron chi connectivity index (χ3n) is 3.41. The third kappa shape index (κ3) is 3.36. The molecule has 6 heteroatoms. The summed E-state index contributed by atoms with van der Waals surface area (Å²) in [6.45, 7) is 2.13. The first-order valence-electron chi connectivity index (χ1n) is 7.30. The highest BCUT2D eigenvalue weighted by molar-refractivity contribution is 5.52. The average Bonchev–Trinajstić information content (AvgIpc) is 3.09. The number of ether oxygens (including phenoxy) is 2. The highest BCUT2D eigenvalue weighted by Crippen LogP contribution is 2.28. The molecule has 0 aliphatic rings. The van der Waals surface area contributed by atoms with E-state index in [1.54, 1.807) is 18.2 Å². The van der Waals surface area contributed by atoms with Gasteiger partial charge < -0.3 is 13.9 Å². The maximum atomic E-state index is 8.90. The molecule has 0 saturated carbocycles. The molecule has 120 valence electrons. The van der Waals surface area contributed by atoms with Crippen molar-refractivity contribution in [3.63, 3.8) is 0 Å². The van der Waals surface area contributed by atoms with Crippen molar-refractivity contribution in [2.24, 2.45) is 0 Å². The molecule has 24 heavy (non-hydrogen) atoms. The SMILES string of the molecule is COc1cc(C#N)ccc1OCc1nnc(-c2ccc(C)cc2)o1.